The van der Waals surface area contributed by atoms with Crippen molar-refractivity contribution in [3.63, 3.8) is 0 Å². The van der Waals surface area contributed by atoms with Crippen LogP contribution in [-0.4, -0.2) is 29.1 Å². The van der Waals surface area contributed by atoms with Crippen LogP contribution in [0.5, 0.6) is 0 Å². The summed E-state index contributed by atoms with van der Waals surface area (Å²) < 4.78 is 13.6. The van der Waals surface area contributed by atoms with Gasteiger partial charge in [-0.05, 0) is 18.9 Å². The van der Waals surface area contributed by atoms with Gasteiger partial charge in [0.15, 0.2) is 0 Å². The molecule has 0 unspecified atom stereocenters. The molecule has 0 spiro atoms. The van der Waals surface area contributed by atoms with Gasteiger partial charge in [-0.25, -0.2) is 9.18 Å². The Morgan fingerprint density at radius 2 is 1.90 bits per heavy atom. The number of benzene rings is 1. The minimum atomic E-state index is -1.44. The maximum absolute atomic E-state index is 13.6. The first-order chi connectivity index (χ1) is 9.42. The van der Waals surface area contributed by atoms with E-state index in [1.54, 1.807) is 4.90 Å². The van der Waals surface area contributed by atoms with Gasteiger partial charge in [-0.15, -0.1) is 0 Å². The number of carbonyl (C=O) groups is 1. The van der Waals surface area contributed by atoms with Crippen molar-refractivity contribution in [1.29, 1.82) is 0 Å². The summed E-state index contributed by atoms with van der Waals surface area (Å²) in [5.41, 5.74) is -0.810. The van der Waals surface area contributed by atoms with E-state index in [4.69, 9.17) is 5.11 Å². The number of halogens is 1. The van der Waals surface area contributed by atoms with Crippen LogP contribution in [0.2, 0.25) is 0 Å². The molecule has 0 radical (unpaired) electrons. The Kier molecular flexibility index (Phi) is 5.42. The predicted octanol–water partition coefficient (Wildman–Crippen LogP) is 3.06. The number of carboxylic acids is 1. The molecule has 110 valence electrons. The third-order valence-electron chi connectivity index (χ3n) is 2.82. The van der Waals surface area contributed by atoms with Crippen molar-refractivity contribution in [3.05, 3.63) is 33.6 Å². The van der Waals surface area contributed by atoms with Gasteiger partial charge in [-0.1, -0.05) is 13.8 Å². The number of nitrogens with zero attached hydrogens (tertiary/aromatic N) is 2. The summed E-state index contributed by atoms with van der Waals surface area (Å²) in [5.74, 6) is -2.53. The molecule has 1 aromatic carbocycles. The largest absolute Gasteiger partial charge is 0.478 e. The Morgan fingerprint density at radius 1 is 1.35 bits per heavy atom. The highest BCUT2D eigenvalue weighted by Gasteiger charge is 2.24. The van der Waals surface area contributed by atoms with Gasteiger partial charge in [0.05, 0.1) is 16.6 Å². The number of carboxylic acid groups (broad SMARTS) is 1. The van der Waals surface area contributed by atoms with Gasteiger partial charge >= 0.3 is 5.97 Å². The van der Waals surface area contributed by atoms with Crippen molar-refractivity contribution in [2.45, 2.75) is 26.7 Å². The van der Waals surface area contributed by atoms with Crippen molar-refractivity contribution in [2.24, 2.45) is 0 Å². The zero-order valence-electron chi connectivity index (χ0n) is 11.4. The highest BCUT2D eigenvalue weighted by atomic mass is 19.1. The SMILES string of the molecule is CCCN(CCC)c1cc(C(=O)O)c(F)cc1[N+](=O)[O-]. The quantitative estimate of drug-likeness (QED) is 0.614. The van der Waals surface area contributed by atoms with E-state index >= 15 is 0 Å². The molecule has 0 aromatic heterocycles. The van der Waals surface area contributed by atoms with Crippen molar-refractivity contribution in [1.82, 2.24) is 0 Å². The van der Waals surface area contributed by atoms with Gasteiger partial charge in [-0.2, -0.15) is 0 Å². The molecule has 6 nitrogen and oxygen atoms in total. The molecule has 20 heavy (non-hydrogen) atoms. The number of hydrogen-bond acceptors (Lipinski definition) is 4. The van der Waals surface area contributed by atoms with E-state index in [9.17, 15) is 19.3 Å². The van der Waals surface area contributed by atoms with Crippen LogP contribution in [0.15, 0.2) is 12.1 Å². The molecule has 1 rings (SSSR count). The zero-order chi connectivity index (χ0) is 15.3. The van der Waals surface area contributed by atoms with Crippen LogP contribution in [0.4, 0.5) is 15.8 Å². The first kappa shape index (κ1) is 15.9. The van der Waals surface area contributed by atoms with E-state index in [-0.39, 0.29) is 5.69 Å². The third kappa shape index (κ3) is 3.43. The lowest BCUT2D eigenvalue weighted by Crippen LogP contribution is -2.26. The summed E-state index contributed by atoms with van der Waals surface area (Å²) in [6.45, 7) is 4.91. The summed E-state index contributed by atoms with van der Waals surface area (Å²) in [4.78, 5) is 23.0. The van der Waals surface area contributed by atoms with Crippen LogP contribution in [0.25, 0.3) is 0 Å². The van der Waals surface area contributed by atoms with Crippen LogP contribution >= 0.6 is 0 Å². The number of hydrogen-bond donors (Lipinski definition) is 1. The Morgan fingerprint density at radius 3 is 2.30 bits per heavy atom. The molecule has 0 heterocycles. The van der Waals surface area contributed by atoms with Crippen molar-refractivity contribution in [2.75, 3.05) is 18.0 Å². The molecule has 0 aliphatic carbocycles. The second-order valence-electron chi connectivity index (χ2n) is 4.37. The van der Waals surface area contributed by atoms with E-state index in [0.29, 0.717) is 19.2 Å². The minimum absolute atomic E-state index is 0.150. The minimum Gasteiger partial charge on any atom is -0.478 e. The normalized spacial score (nSPS) is 10.3. The number of nitro benzene ring substituents is 1. The molecule has 0 aliphatic rings. The van der Waals surface area contributed by atoms with E-state index in [1.165, 1.54) is 0 Å². The lowest BCUT2D eigenvalue weighted by Gasteiger charge is -2.23. The molecule has 0 amide bonds. The number of rotatable bonds is 7. The fourth-order valence-electron chi connectivity index (χ4n) is 2.01. The molecule has 0 aliphatic heterocycles. The third-order valence-corrected chi connectivity index (χ3v) is 2.82. The maximum atomic E-state index is 13.6. The van der Waals surface area contributed by atoms with Crippen molar-refractivity contribution in [3.8, 4) is 0 Å². The Bertz CT molecular complexity index is 513. The summed E-state index contributed by atoms with van der Waals surface area (Å²) in [7, 11) is 0. The zero-order valence-corrected chi connectivity index (χ0v) is 11.4. The number of anilines is 1. The summed E-state index contributed by atoms with van der Waals surface area (Å²) >= 11 is 0. The summed E-state index contributed by atoms with van der Waals surface area (Å²) in [5, 5.41) is 20.0. The van der Waals surface area contributed by atoms with Gasteiger partial charge in [0.25, 0.3) is 5.69 Å². The molecular formula is C13H17FN2O4. The van der Waals surface area contributed by atoms with E-state index in [1.807, 2.05) is 13.8 Å². The summed E-state index contributed by atoms with van der Waals surface area (Å²) in [6.07, 6.45) is 1.49. The predicted molar refractivity (Wildman–Crippen MR) is 72.8 cm³/mol. The Hall–Kier alpha value is -2.18. The standard InChI is InChI=1S/C13H17FN2O4/c1-3-5-15(6-4-2)11-7-9(13(17)18)10(14)8-12(11)16(19)20/h7-8H,3-6H2,1-2H3,(H,17,18). The smallest absolute Gasteiger partial charge is 0.338 e. The van der Waals surface area contributed by atoms with E-state index < -0.39 is 28.0 Å². The highest BCUT2D eigenvalue weighted by molar-refractivity contribution is 5.90. The van der Waals surface area contributed by atoms with Gasteiger partial charge in [0.1, 0.15) is 11.5 Å². The topological polar surface area (TPSA) is 83.7 Å². The van der Waals surface area contributed by atoms with Crippen molar-refractivity contribution < 1.29 is 19.2 Å². The van der Waals surface area contributed by atoms with Gasteiger partial charge in [-0.3, -0.25) is 10.1 Å². The molecule has 0 atom stereocenters. The van der Waals surface area contributed by atoms with Crippen LogP contribution < -0.4 is 4.90 Å². The average molecular weight is 284 g/mol. The first-order valence-electron chi connectivity index (χ1n) is 6.38. The fourth-order valence-corrected chi connectivity index (χ4v) is 2.01. The molecule has 7 heteroatoms. The Labute approximate surface area is 116 Å². The fraction of sp³-hybridized carbons (Fsp3) is 0.462. The number of aromatic carboxylic acids is 1. The van der Waals surface area contributed by atoms with Gasteiger partial charge in [0.2, 0.25) is 0 Å². The molecule has 0 bridgehead atoms. The lowest BCUT2D eigenvalue weighted by molar-refractivity contribution is -0.384. The molecule has 0 fully saturated rings. The number of nitro groups is 1. The summed E-state index contributed by atoms with van der Waals surface area (Å²) in [6, 6.07) is 1.72. The molecule has 1 aromatic rings. The maximum Gasteiger partial charge on any atom is 0.338 e. The highest BCUT2D eigenvalue weighted by Crippen LogP contribution is 2.31. The van der Waals surface area contributed by atoms with Crippen molar-refractivity contribution >= 4 is 17.3 Å². The van der Waals surface area contributed by atoms with E-state index in [2.05, 4.69) is 0 Å². The van der Waals surface area contributed by atoms with Crippen LogP contribution in [0, 0.1) is 15.9 Å². The van der Waals surface area contributed by atoms with Crippen LogP contribution in [0.1, 0.15) is 37.0 Å². The first-order valence-corrected chi connectivity index (χ1v) is 6.38. The average Bonchev–Trinajstić information content (AvgIpc) is 2.37. The monoisotopic (exact) mass is 284 g/mol. The van der Waals surface area contributed by atoms with E-state index in [0.717, 1.165) is 18.9 Å². The second-order valence-corrected chi connectivity index (χ2v) is 4.37. The van der Waals surface area contributed by atoms with Crippen LogP contribution in [0.3, 0.4) is 0 Å². The molecule has 0 saturated heterocycles. The Balaban J connectivity index is 3.42. The van der Waals surface area contributed by atoms with Gasteiger partial charge < -0.3 is 10.0 Å². The lowest BCUT2D eigenvalue weighted by atomic mass is 10.1. The van der Waals surface area contributed by atoms with Crippen LogP contribution in [-0.2, 0) is 0 Å². The molecule has 1 N–H and O–H groups in total. The second kappa shape index (κ2) is 6.83. The molecular weight excluding hydrogens is 267 g/mol. The van der Waals surface area contributed by atoms with Gasteiger partial charge in [0, 0.05) is 13.1 Å². The molecule has 0 saturated carbocycles.